The summed E-state index contributed by atoms with van der Waals surface area (Å²) in [5, 5.41) is 9.06. The van der Waals surface area contributed by atoms with Crippen molar-refractivity contribution in [3.63, 3.8) is 0 Å². The molecule has 0 saturated heterocycles. The second-order valence-electron chi connectivity index (χ2n) is 2.66. The summed E-state index contributed by atoms with van der Waals surface area (Å²) in [5.41, 5.74) is 1.10. The summed E-state index contributed by atoms with van der Waals surface area (Å²) in [6, 6.07) is 8.40. The Bertz CT molecular complexity index is 218. The van der Waals surface area contributed by atoms with Gasteiger partial charge in [-0.15, -0.1) is 0 Å². The Morgan fingerprint density at radius 1 is 1.45 bits per heavy atom. The van der Waals surface area contributed by atoms with E-state index < -0.39 is 0 Å². The lowest BCUT2D eigenvalue weighted by Crippen LogP contribution is -1.83. The molecule has 0 atom stereocenters. The van der Waals surface area contributed by atoms with Gasteiger partial charge in [-0.3, -0.25) is 0 Å². The van der Waals surface area contributed by atoms with Crippen LogP contribution in [0.1, 0.15) is 25.3 Å². The minimum Gasteiger partial charge on any atom is -0.507 e. The normalized spacial score (nSPS) is 9.91. The van der Waals surface area contributed by atoms with Gasteiger partial charge in [0.15, 0.2) is 0 Å². The van der Waals surface area contributed by atoms with Crippen LogP contribution < -0.4 is 0 Å². The largest absolute Gasteiger partial charge is 0.507 e. The molecule has 1 aromatic rings. The zero-order chi connectivity index (χ0) is 8.10. The van der Waals surface area contributed by atoms with Gasteiger partial charge in [-0.2, -0.15) is 0 Å². The van der Waals surface area contributed by atoms with Crippen LogP contribution in [-0.4, -0.2) is 5.11 Å². The highest BCUT2D eigenvalue weighted by Gasteiger charge is 1.93. The molecule has 1 radical (unpaired) electrons. The van der Waals surface area contributed by atoms with E-state index in [2.05, 4.69) is 13.0 Å². The minimum atomic E-state index is 0.249. The highest BCUT2D eigenvalue weighted by atomic mass is 16.3. The van der Waals surface area contributed by atoms with E-state index in [0.717, 1.165) is 12.0 Å². The number of rotatable bonds is 3. The number of aromatic hydroxyl groups is 1. The monoisotopic (exact) mass is 149 g/mol. The lowest BCUT2D eigenvalue weighted by molar-refractivity contribution is 0.473. The third-order valence-corrected chi connectivity index (χ3v) is 1.64. The van der Waals surface area contributed by atoms with Crippen molar-refractivity contribution in [2.45, 2.75) is 26.2 Å². The Morgan fingerprint density at radius 3 is 2.91 bits per heavy atom. The lowest BCUT2D eigenvalue weighted by Gasteiger charge is -1.98. The molecular formula is C10H13O. The molecule has 11 heavy (non-hydrogen) atoms. The SMILES string of the molecule is CCCCc1[c]c(O)ccc1. The summed E-state index contributed by atoms with van der Waals surface area (Å²) in [5.74, 6) is 0.249. The summed E-state index contributed by atoms with van der Waals surface area (Å²) in [6.45, 7) is 2.16. The molecule has 59 valence electrons. The second kappa shape index (κ2) is 4.02. The van der Waals surface area contributed by atoms with Crippen LogP contribution in [0.5, 0.6) is 5.75 Å². The van der Waals surface area contributed by atoms with Gasteiger partial charge in [-0.25, -0.2) is 0 Å². The summed E-state index contributed by atoms with van der Waals surface area (Å²) >= 11 is 0. The maximum Gasteiger partial charge on any atom is 0.123 e. The maximum absolute atomic E-state index is 9.06. The molecule has 1 rings (SSSR count). The van der Waals surface area contributed by atoms with Gasteiger partial charge < -0.3 is 5.11 Å². The highest BCUT2D eigenvalue weighted by Crippen LogP contribution is 2.11. The van der Waals surface area contributed by atoms with Crippen molar-refractivity contribution in [1.82, 2.24) is 0 Å². The van der Waals surface area contributed by atoms with Crippen molar-refractivity contribution < 1.29 is 5.11 Å². The average molecular weight is 149 g/mol. The maximum atomic E-state index is 9.06. The topological polar surface area (TPSA) is 20.2 Å². The summed E-state index contributed by atoms with van der Waals surface area (Å²) in [7, 11) is 0. The minimum absolute atomic E-state index is 0.249. The molecule has 1 N–H and O–H groups in total. The molecule has 1 nitrogen and oxygen atoms in total. The van der Waals surface area contributed by atoms with Gasteiger partial charge in [0.05, 0.1) is 0 Å². The van der Waals surface area contributed by atoms with Crippen molar-refractivity contribution in [3.05, 3.63) is 29.8 Å². The first-order valence-electron chi connectivity index (χ1n) is 4.03. The molecule has 0 saturated carbocycles. The molecule has 0 aromatic heterocycles. The third kappa shape index (κ3) is 2.62. The number of hydrogen-bond acceptors (Lipinski definition) is 1. The molecule has 0 spiro atoms. The van der Waals surface area contributed by atoms with E-state index in [4.69, 9.17) is 5.11 Å². The quantitative estimate of drug-likeness (QED) is 0.700. The van der Waals surface area contributed by atoms with Crippen molar-refractivity contribution in [1.29, 1.82) is 0 Å². The van der Waals surface area contributed by atoms with E-state index in [0.29, 0.717) is 0 Å². The van der Waals surface area contributed by atoms with E-state index in [-0.39, 0.29) is 5.75 Å². The van der Waals surface area contributed by atoms with Crippen LogP contribution in [0, 0.1) is 6.07 Å². The zero-order valence-corrected chi connectivity index (χ0v) is 6.80. The summed E-state index contributed by atoms with van der Waals surface area (Å²) < 4.78 is 0. The molecule has 0 aliphatic heterocycles. The van der Waals surface area contributed by atoms with Gasteiger partial charge in [0.25, 0.3) is 0 Å². The number of aryl methyl sites for hydroxylation is 1. The summed E-state index contributed by atoms with van der Waals surface area (Å²) in [4.78, 5) is 0. The van der Waals surface area contributed by atoms with Crippen molar-refractivity contribution >= 4 is 0 Å². The molecule has 0 unspecified atom stereocenters. The van der Waals surface area contributed by atoms with E-state index in [1.54, 1.807) is 6.07 Å². The predicted molar refractivity (Wildman–Crippen MR) is 45.6 cm³/mol. The molecule has 1 aromatic carbocycles. The smallest absolute Gasteiger partial charge is 0.123 e. The second-order valence-corrected chi connectivity index (χ2v) is 2.66. The van der Waals surface area contributed by atoms with Crippen LogP contribution in [0.2, 0.25) is 0 Å². The fraction of sp³-hybridized carbons (Fsp3) is 0.400. The van der Waals surface area contributed by atoms with Crippen LogP contribution >= 0.6 is 0 Å². The average Bonchev–Trinajstić information content (AvgIpc) is 2.01. The van der Waals surface area contributed by atoms with Gasteiger partial charge in [0, 0.05) is 6.07 Å². The number of unbranched alkanes of at least 4 members (excludes halogenated alkanes) is 1. The Morgan fingerprint density at radius 2 is 2.27 bits per heavy atom. The van der Waals surface area contributed by atoms with Gasteiger partial charge in [-0.1, -0.05) is 25.5 Å². The molecule has 0 heterocycles. The van der Waals surface area contributed by atoms with Gasteiger partial charge >= 0.3 is 0 Å². The molecule has 0 aliphatic rings. The van der Waals surface area contributed by atoms with Crippen molar-refractivity contribution in [2.24, 2.45) is 0 Å². The van der Waals surface area contributed by atoms with Crippen LogP contribution in [0.3, 0.4) is 0 Å². The Labute approximate surface area is 67.7 Å². The number of benzene rings is 1. The van der Waals surface area contributed by atoms with E-state index >= 15 is 0 Å². The first kappa shape index (κ1) is 8.12. The van der Waals surface area contributed by atoms with Crippen LogP contribution in [0.25, 0.3) is 0 Å². The summed E-state index contributed by atoms with van der Waals surface area (Å²) in [6.07, 6.45) is 3.37. The van der Waals surface area contributed by atoms with Crippen molar-refractivity contribution in [2.75, 3.05) is 0 Å². The fourth-order valence-corrected chi connectivity index (χ4v) is 1.02. The molecule has 1 heteroatoms. The number of phenolic OH excluding ortho intramolecular Hbond substituents is 1. The molecule has 0 aliphatic carbocycles. The van der Waals surface area contributed by atoms with Gasteiger partial charge in [-0.05, 0) is 24.5 Å². The first-order valence-corrected chi connectivity index (χ1v) is 4.03. The molecular weight excluding hydrogens is 136 g/mol. The van der Waals surface area contributed by atoms with Crippen LogP contribution in [0.15, 0.2) is 18.2 Å². The molecule has 0 fully saturated rings. The lowest BCUT2D eigenvalue weighted by atomic mass is 10.1. The first-order chi connectivity index (χ1) is 5.33. The van der Waals surface area contributed by atoms with Crippen LogP contribution in [0.4, 0.5) is 0 Å². The van der Waals surface area contributed by atoms with Gasteiger partial charge in [0.2, 0.25) is 0 Å². The Balaban J connectivity index is 2.56. The third-order valence-electron chi connectivity index (χ3n) is 1.64. The van der Waals surface area contributed by atoms with E-state index in [1.807, 2.05) is 12.1 Å². The van der Waals surface area contributed by atoms with E-state index in [1.165, 1.54) is 12.8 Å². The Hall–Kier alpha value is -0.980. The van der Waals surface area contributed by atoms with Crippen molar-refractivity contribution in [3.8, 4) is 5.75 Å². The van der Waals surface area contributed by atoms with E-state index in [9.17, 15) is 0 Å². The van der Waals surface area contributed by atoms with Gasteiger partial charge in [0.1, 0.15) is 5.75 Å². The molecule has 0 bridgehead atoms. The number of phenols is 1. The zero-order valence-electron chi connectivity index (χ0n) is 6.80. The predicted octanol–water partition coefficient (Wildman–Crippen LogP) is 2.53. The fourth-order valence-electron chi connectivity index (χ4n) is 1.02. The van der Waals surface area contributed by atoms with Crippen LogP contribution in [-0.2, 0) is 6.42 Å². The number of hydrogen-bond donors (Lipinski definition) is 1. The molecule has 0 amide bonds. The Kier molecular flexibility index (Phi) is 2.96. The standard InChI is InChI=1S/C10H13O/c1-2-3-5-9-6-4-7-10(11)8-9/h4,6-7,11H,2-3,5H2,1H3. The highest BCUT2D eigenvalue weighted by molar-refractivity contribution is 5.25.